The predicted octanol–water partition coefficient (Wildman–Crippen LogP) is 3.35. The molecule has 1 aliphatic carbocycles. The molecule has 0 aromatic heterocycles. The van der Waals surface area contributed by atoms with E-state index in [0.717, 1.165) is 23.1 Å². The number of hydrogen-bond acceptors (Lipinski definition) is 4. The van der Waals surface area contributed by atoms with Crippen LogP contribution in [0.4, 0.5) is 0 Å². The summed E-state index contributed by atoms with van der Waals surface area (Å²) in [7, 11) is 0. The monoisotopic (exact) mass is 316 g/mol. The van der Waals surface area contributed by atoms with Crippen molar-refractivity contribution in [2.45, 2.75) is 26.2 Å². The van der Waals surface area contributed by atoms with E-state index in [1.165, 1.54) is 0 Å². The van der Waals surface area contributed by atoms with Crippen molar-refractivity contribution in [2.75, 3.05) is 0 Å². The van der Waals surface area contributed by atoms with Crippen molar-refractivity contribution in [1.82, 2.24) is 0 Å². The van der Waals surface area contributed by atoms with Crippen molar-refractivity contribution >= 4 is 23.0 Å². The van der Waals surface area contributed by atoms with Gasteiger partial charge in [0.2, 0.25) is 0 Å². The minimum absolute atomic E-state index is 0.00438. The molecule has 24 heavy (non-hydrogen) atoms. The molecular formula is C20H16N2O2. The van der Waals surface area contributed by atoms with Gasteiger partial charge in [-0.2, -0.15) is 5.10 Å². The van der Waals surface area contributed by atoms with Crippen LogP contribution >= 0.6 is 0 Å². The lowest BCUT2D eigenvalue weighted by molar-refractivity contribution is -0.113. The van der Waals surface area contributed by atoms with Crippen LogP contribution in [-0.4, -0.2) is 23.0 Å². The van der Waals surface area contributed by atoms with E-state index in [4.69, 9.17) is 0 Å². The minimum Gasteiger partial charge on any atom is -0.293 e. The highest BCUT2D eigenvalue weighted by Crippen LogP contribution is 2.31. The molecule has 2 aromatic rings. The summed E-state index contributed by atoms with van der Waals surface area (Å²) in [5.74, 6) is 0.0300. The van der Waals surface area contributed by atoms with Crippen LogP contribution in [-0.2, 0) is 11.2 Å². The number of nitrogens with zero attached hydrogens (tertiary/aromatic N) is 2. The van der Waals surface area contributed by atoms with Crippen molar-refractivity contribution < 1.29 is 9.59 Å². The Hall–Kier alpha value is -2.88. The summed E-state index contributed by atoms with van der Waals surface area (Å²) in [6.45, 7) is 1.97. The van der Waals surface area contributed by atoms with Crippen molar-refractivity contribution in [1.29, 1.82) is 0 Å². The maximum Gasteiger partial charge on any atom is 0.194 e. The molecule has 118 valence electrons. The summed E-state index contributed by atoms with van der Waals surface area (Å²) < 4.78 is 0. The van der Waals surface area contributed by atoms with Crippen molar-refractivity contribution in [3.8, 4) is 0 Å². The number of rotatable bonds is 3. The molecular weight excluding hydrogens is 300 g/mol. The third-order valence-electron chi connectivity index (χ3n) is 4.49. The Bertz CT molecular complexity index is 938. The molecule has 0 saturated carbocycles. The number of carbonyl (C=O) groups excluding carboxylic acids is 2. The zero-order chi connectivity index (χ0) is 16.7. The summed E-state index contributed by atoms with van der Waals surface area (Å²) in [6.07, 6.45) is 1.67. The second kappa shape index (κ2) is 5.64. The average Bonchev–Trinajstić information content (AvgIpc) is 2.80. The van der Waals surface area contributed by atoms with Crippen LogP contribution in [0, 0.1) is 0 Å². The standard InChI is InChI=1S/C20H16N2O2/c1-2-6-17(23)16-11-12-7-5-10-15-18(12)19(22-21-16)13-8-3-4-9-14(13)20(15)24/h3-5,7-10H,2,6,11H2,1H3. The van der Waals surface area contributed by atoms with Crippen LogP contribution in [0.3, 0.4) is 0 Å². The Labute approximate surface area is 139 Å². The van der Waals surface area contributed by atoms with Gasteiger partial charge in [-0.15, -0.1) is 5.10 Å². The normalized spacial score (nSPS) is 15.0. The molecule has 2 aromatic carbocycles. The zero-order valence-corrected chi connectivity index (χ0v) is 13.4. The van der Waals surface area contributed by atoms with Crippen molar-refractivity contribution in [2.24, 2.45) is 10.2 Å². The lowest BCUT2D eigenvalue weighted by Crippen LogP contribution is -2.23. The van der Waals surface area contributed by atoms with E-state index in [9.17, 15) is 9.59 Å². The van der Waals surface area contributed by atoms with Crippen LogP contribution in [0.1, 0.15) is 52.4 Å². The lowest BCUT2D eigenvalue weighted by atomic mass is 9.80. The van der Waals surface area contributed by atoms with Crippen molar-refractivity contribution in [3.63, 3.8) is 0 Å². The Morgan fingerprint density at radius 3 is 2.54 bits per heavy atom. The molecule has 0 fully saturated rings. The summed E-state index contributed by atoms with van der Waals surface area (Å²) in [4.78, 5) is 25.1. The van der Waals surface area contributed by atoms with Gasteiger partial charge in [-0.1, -0.05) is 49.4 Å². The van der Waals surface area contributed by atoms with Crippen LogP contribution in [0.5, 0.6) is 0 Å². The summed E-state index contributed by atoms with van der Waals surface area (Å²) in [5, 5.41) is 8.64. The molecule has 0 unspecified atom stereocenters. The fourth-order valence-electron chi connectivity index (χ4n) is 3.34. The average molecular weight is 316 g/mol. The molecule has 0 radical (unpaired) electrons. The minimum atomic E-state index is 0.00438. The van der Waals surface area contributed by atoms with Gasteiger partial charge in [0.15, 0.2) is 11.6 Å². The highest BCUT2D eigenvalue weighted by molar-refractivity contribution is 6.41. The Kier molecular flexibility index (Phi) is 3.45. The first-order valence-corrected chi connectivity index (χ1v) is 8.14. The van der Waals surface area contributed by atoms with Gasteiger partial charge < -0.3 is 0 Å². The molecule has 0 bridgehead atoms. The molecule has 1 aliphatic heterocycles. The van der Waals surface area contributed by atoms with E-state index in [1.807, 2.05) is 49.4 Å². The first kappa shape index (κ1) is 14.7. The van der Waals surface area contributed by atoms with E-state index in [2.05, 4.69) is 10.2 Å². The van der Waals surface area contributed by atoms with Gasteiger partial charge in [-0.25, -0.2) is 0 Å². The van der Waals surface area contributed by atoms with E-state index >= 15 is 0 Å². The number of benzene rings is 2. The van der Waals surface area contributed by atoms with Gasteiger partial charge in [-0.3, -0.25) is 9.59 Å². The molecule has 0 amide bonds. The maximum atomic E-state index is 12.8. The molecule has 2 aliphatic rings. The Morgan fingerprint density at radius 1 is 1.00 bits per heavy atom. The molecule has 1 heterocycles. The fourth-order valence-corrected chi connectivity index (χ4v) is 3.34. The third-order valence-corrected chi connectivity index (χ3v) is 4.49. The highest BCUT2D eigenvalue weighted by atomic mass is 16.1. The number of hydrogen-bond donors (Lipinski definition) is 0. The summed E-state index contributed by atoms with van der Waals surface area (Å²) in [5.41, 5.74) is 4.99. The Morgan fingerprint density at radius 2 is 1.75 bits per heavy atom. The third kappa shape index (κ3) is 2.14. The van der Waals surface area contributed by atoms with Gasteiger partial charge in [0.05, 0.1) is 0 Å². The van der Waals surface area contributed by atoms with E-state index < -0.39 is 0 Å². The molecule has 4 rings (SSSR count). The topological polar surface area (TPSA) is 58.9 Å². The van der Waals surface area contributed by atoms with Crippen LogP contribution in [0.2, 0.25) is 0 Å². The van der Waals surface area contributed by atoms with Crippen LogP contribution in [0.15, 0.2) is 52.7 Å². The number of Topliss-reactive ketones (excluding diaryl/α,β-unsaturated/α-hetero) is 1. The number of carbonyl (C=O) groups is 2. The van der Waals surface area contributed by atoms with Gasteiger partial charge in [-0.05, 0) is 12.0 Å². The quantitative estimate of drug-likeness (QED) is 0.744. The van der Waals surface area contributed by atoms with E-state index in [-0.39, 0.29) is 11.6 Å². The molecule has 4 heteroatoms. The van der Waals surface area contributed by atoms with Gasteiger partial charge >= 0.3 is 0 Å². The largest absolute Gasteiger partial charge is 0.293 e. The lowest BCUT2D eigenvalue weighted by Gasteiger charge is -2.21. The zero-order valence-electron chi connectivity index (χ0n) is 13.4. The van der Waals surface area contributed by atoms with E-state index in [0.29, 0.717) is 35.4 Å². The smallest absolute Gasteiger partial charge is 0.194 e. The number of fused-ring (bicyclic) bond motifs is 2. The SMILES string of the molecule is CCCC(=O)C1=NN=C2c3ccccc3C(=O)c3cccc(c32)C1. The molecule has 4 nitrogen and oxygen atoms in total. The predicted molar refractivity (Wildman–Crippen MR) is 93.0 cm³/mol. The summed E-state index contributed by atoms with van der Waals surface area (Å²) in [6, 6.07) is 13.1. The fraction of sp³-hybridized carbons (Fsp3) is 0.200. The molecule has 0 saturated heterocycles. The second-order valence-electron chi connectivity index (χ2n) is 6.06. The maximum absolute atomic E-state index is 12.8. The molecule has 0 N–H and O–H groups in total. The van der Waals surface area contributed by atoms with Crippen LogP contribution < -0.4 is 0 Å². The second-order valence-corrected chi connectivity index (χ2v) is 6.06. The first-order valence-electron chi connectivity index (χ1n) is 8.14. The molecule has 0 spiro atoms. The van der Waals surface area contributed by atoms with E-state index in [1.54, 1.807) is 0 Å². The van der Waals surface area contributed by atoms with Crippen molar-refractivity contribution in [3.05, 3.63) is 70.3 Å². The summed E-state index contributed by atoms with van der Waals surface area (Å²) >= 11 is 0. The van der Waals surface area contributed by atoms with Gasteiger partial charge in [0.25, 0.3) is 0 Å². The van der Waals surface area contributed by atoms with Crippen LogP contribution in [0.25, 0.3) is 0 Å². The molecule has 0 atom stereocenters. The number of ketones is 2. The Balaban J connectivity index is 1.96. The first-order chi connectivity index (χ1) is 11.7. The highest BCUT2D eigenvalue weighted by Gasteiger charge is 2.31. The van der Waals surface area contributed by atoms with Gasteiger partial charge in [0, 0.05) is 35.1 Å². The van der Waals surface area contributed by atoms with Gasteiger partial charge in [0.1, 0.15) is 11.4 Å².